The molecule has 3 aromatic carbocycles. The molecule has 0 amide bonds. The molecule has 0 fully saturated rings. The summed E-state index contributed by atoms with van der Waals surface area (Å²) in [7, 11) is -1.26. The van der Waals surface area contributed by atoms with Crippen molar-refractivity contribution in [1.82, 2.24) is 0 Å². The fraction of sp³-hybridized carbons (Fsp3) is 0.136. The molecule has 0 atom stereocenters. The van der Waals surface area contributed by atoms with Crippen molar-refractivity contribution < 1.29 is 22.7 Å². The highest BCUT2D eigenvalue weighted by Gasteiger charge is 2.30. The van der Waals surface area contributed by atoms with Gasteiger partial charge in [0.15, 0.2) is 0 Å². The summed E-state index contributed by atoms with van der Waals surface area (Å²) >= 11 is 3.41. The number of esters is 1. The lowest BCUT2D eigenvalue weighted by Crippen LogP contribution is -2.32. The van der Waals surface area contributed by atoms with Gasteiger partial charge in [0.25, 0.3) is 10.0 Å². The molecule has 0 aliphatic heterocycles. The Balaban J connectivity index is 2.20. The van der Waals surface area contributed by atoms with Crippen molar-refractivity contribution in [2.45, 2.75) is 11.4 Å². The molecule has 3 aromatic rings. The Morgan fingerprint density at radius 1 is 0.933 bits per heavy atom. The first-order valence-corrected chi connectivity index (χ1v) is 11.2. The number of ether oxygens (including phenoxy) is 2. The highest BCUT2D eigenvalue weighted by Crippen LogP contribution is 2.36. The summed E-state index contributed by atoms with van der Waals surface area (Å²) in [5.41, 5.74) is 1.12. The third kappa shape index (κ3) is 4.49. The third-order valence-electron chi connectivity index (χ3n) is 4.46. The first kappa shape index (κ1) is 21.9. The van der Waals surface area contributed by atoms with Gasteiger partial charge in [0.2, 0.25) is 0 Å². The van der Waals surface area contributed by atoms with E-state index in [9.17, 15) is 13.2 Å². The first-order valence-electron chi connectivity index (χ1n) is 8.96. The first-order chi connectivity index (χ1) is 14.4. The lowest BCUT2D eigenvalue weighted by atomic mass is 10.1. The monoisotopic (exact) mass is 489 g/mol. The Morgan fingerprint density at radius 3 is 2.20 bits per heavy atom. The van der Waals surface area contributed by atoms with Gasteiger partial charge < -0.3 is 9.47 Å². The van der Waals surface area contributed by atoms with Crippen molar-refractivity contribution in [3.05, 3.63) is 88.4 Å². The van der Waals surface area contributed by atoms with E-state index in [1.807, 2.05) is 30.3 Å². The van der Waals surface area contributed by atoms with Crippen LogP contribution in [0, 0.1) is 0 Å². The molecule has 0 bridgehead atoms. The summed E-state index contributed by atoms with van der Waals surface area (Å²) < 4.78 is 39.0. The Labute approximate surface area is 184 Å². The smallest absolute Gasteiger partial charge is 0.340 e. The molecule has 0 saturated heterocycles. The number of sulfonamides is 1. The number of anilines is 1. The molecule has 0 radical (unpaired) electrons. The second-order valence-electron chi connectivity index (χ2n) is 6.30. The third-order valence-corrected chi connectivity index (χ3v) is 6.86. The molecule has 0 aromatic heterocycles. The molecule has 3 rings (SSSR count). The van der Waals surface area contributed by atoms with E-state index in [-0.39, 0.29) is 22.7 Å². The van der Waals surface area contributed by atoms with Crippen molar-refractivity contribution in [2.75, 3.05) is 18.5 Å². The second kappa shape index (κ2) is 9.32. The minimum absolute atomic E-state index is 0.0296. The van der Waals surface area contributed by atoms with Crippen LogP contribution in [0.15, 0.2) is 82.2 Å². The Kier molecular flexibility index (Phi) is 6.79. The standard InChI is InChI=1S/C22H20BrNO5S/c1-28-17-11-13-18(14-12-17)30(26,27)24(15-16-7-4-3-5-8-16)21-19(22(25)29-2)9-6-10-20(21)23/h3-14H,15H2,1-2H3. The number of carbonyl (C=O) groups is 1. The van der Waals surface area contributed by atoms with E-state index in [1.165, 1.54) is 36.7 Å². The molecule has 0 N–H and O–H groups in total. The van der Waals surface area contributed by atoms with E-state index in [1.54, 1.807) is 24.3 Å². The van der Waals surface area contributed by atoms with Crippen LogP contribution in [0.1, 0.15) is 15.9 Å². The number of methoxy groups -OCH3 is 2. The molecule has 30 heavy (non-hydrogen) atoms. The maximum atomic E-state index is 13.7. The van der Waals surface area contributed by atoms with Crippen molar-refractivity contribution in [3.8, 4) is 5.75 Å². The number of hydrogen-bond donors (Lipinski definition) is 0. The van der Waals surface area contributed by atoms with E-state index in [0.717, 1.165) is 5.56 Å². The van der Waals surface area contributed by atoms with Gasteiger partial charge in [-0.15, -0.1) is 0 Å². The van der Waals surface area contributed by atoms with Crippen LogP contribution in [-0.4, -0.2) is 28.6 Å². The molecule has 0 heterocycles. The fourth-order valence-electron chi connectivity index (χ4n) is 2.95. The summed E-state index contributed by atoms with van der Waals surface area (Å²) in [4.78, 5) is 12.5. The van der Waals surface area contributed by atoms with Crippen molar-refractivity contribution in [3.63, 3.8) is 0 Å². The predicted octanol–water partition coefficient (Wildman–Crippen LogP) is 4.64. The molecule has 0 unspecified atom stereocenters. The van der Waals surface area contributed by atoms with Crippen LogP contribution in [0.2, 0.25) is 0 Å². The number of rotatable bonds is 7. The minimum Gasteiger partial charge on any atom is -0.497 e. The molecule has 156 valence electrons. The number of para-hydroxylation sites is 1. The average Bonchev–Trinajstić information content (AvgIpc) is 2.77. The van der Waals surface area contributed by atoms with Gasteiger partial charge in [0.05, 0.1) is 36.9 Å². The van der Waals surface area contributed by atoms with Gasteiger partial charge in [-0.3, -0.25) is 4.31 Å². The van der Waals surface area contributed by atoms with Gasteiger partial charge in [-0.2, -0.15) is 0 Å². The molecular weight excluding hydrogens is 470 g/mol. The van der Waals surface area contributed by atoms with E-state index >= 15 is 0 Å². The van der Waals surface area contributed by atoms with Crippen molar-refractivity contribution >= 4 is 37.6 Å². The molecule has 6 nitrogen and oxygen atoms in total. The second-order valence-corrected chi connectivity index (χ2v) is 9.02. The number of halogens is 1. The van der Waals surface area contributed by atoms with Gasteiger partial charge in [-0.1, -0.05) is 36.4 Å². The number of benzene rings is 3. The van der Waals surface area contributed by atoms with Crippen molar-refractivity contribution in [2.24, 2.45) is 0 Å². The lowest BCUT2D eigenvalue weighted by Gasteiger charge is -2.27. The van der Waals surface area contributed by atoms with E-state index in [4.69, 9.17) is 9.47 Å². The van der Waals surface area contributed by atoms with Crippen LogP contribution in [0.25, 0.3) is 0 Å². The maximum Gasteiger partial charge on any atom is 0.340 e. The maximum absolute atomic E-state index is 13.7. The van der Waals surface area contributed by atoms with Crippen LogP contribution in [0.5, 0.6) is 5.75 Å². The van der Waals surface area contributed by atoms with Gasteiger partial charge in [-0.25, -0.2) is 13.2 Å². The number of carbonyl (C=O) groups excluding carboxylic acids is 1. The molecule has 0 spiro atoms. The van der Waals surface area contributed by atoms with Crippen LogP contribution >= 0.6 is 15.9 Å². The molecule has 0 aliphatic rings. The topological polar surface area (TPSA) is 72.9 Å². The Bertz CT molecular complexity index is 1130. The normalized spacial score (nSPS) is 11.0. The highest BCUT2D eigenvalue weighted by atomic mass is 79.9. The lowest BCUT2D eigenvalue weighted by molar-refractivity contribution is 0.0601. The van der Waals surface area contributed by atoms with Crippen LogP contribution in [0.4, 0.5) is 5.69 Å². The zero-order valence-electron chi connectivity index (χ0n) is 16.4. The van der Waals surface area contributed by atoms with Crippen LogP contribution < -0.4 is 9.04 Å². The predicted molar refractivity (Wildman–Crippen MR) is 118 cm³/mol. The summed E-state index contributed by atoms with van der Waals surface area (Å²) in [6.45, 7) is 0.0296. The molecule has 8 heteroatoms. The summed E-state index contributed by atoms with van der Waals surface area (Å²) in [5.74, 6) is -0.0889. The quantitative estimate of drug-likeness (QED) is 0.452. The van der Waals surface area contributed by atoms with Crippen molar-refractivity contribution in [1.29, 1.82) is 0 Å². The summed E-state index contributed by atoms with van der Waals surface area (Å²) in [6, 6.07) is 20.1. The Morgan fingerprint density at radius 2 is 1.60 bits per heavy atom. The summed E-state index contributed by atoms with van der Waals surface area (Å²) in [6.07, 6.45) is 0. The average molecular weight is 490 g/mol. The molecular formula is C22H20BrNO5S. The number of nitrogens with zero attached hydrogens (tertiary/aromatic N) is 1. The van der Waals surface area contributed by atoms with Gasteiger partial charge in [0, 0.05) is 4.47 Å². The van der Waals surface area contributed by atoms with Gasteiger partial charge >= 0.3 is 5.97 Å². The SMILES string of the molecule is COC(=O)c1cccc(Br)c1N(Cc1ccccc1)S(=O)(=O)c1ccc(OC)cc1. The van der Waals surface area contributed by atoms with Gasteiger partial charge in [-0.05, 0) is 57.9 Å². The fourth-order valence-corrected chi connectivity index (χ4v) is 5.14. The number of hydrogen-bond acceptors (Lipinski definition) is 5. The largest absolute Gasteiger partial charge is 0.497 e. The zero-order chi connectivity index (χ0) is 21.7. The van der Waals surface area contributed by atoms with Gasteiger partial charge in [0.1, 0.15) is 5.75 Å². The minimum atomic E-state index is -4.02. The molecule has 0 aliphatic carbocycles. The highest BCUT2D eigenvalue weighted by molar-refractivity contribution is 9.10. The molecule has 0 saturated carbocycles. The van der Waals surface area contributed by atoms with E-state index in [0.29, 0.717) is 10.2 Å². The van der Waals surface area contributed by atoms with Crippen LogP contribution in [0.3, 0.4) is 0 Å². The van der Waals surface area contributed by atoms with Crippen LogP contribution in [-0.2, 0) is 21.3 Å². The van der Waals surface area contributed by atoms with E-state index in [2.05, 4.69) is 15.9 Å². The zero-order valence-corrected chi connectivity index (χ0v) is 18.8. The van der Waals surface area contributed by atoms with E-state index < -0.39 is 16.0 Å². The Hall–Kier alpha value is -2.84. The summed E-state index contributed by atoms with van der Waals surface area (Å²) in [5, 5.41) is 0.